The molecule has 8 heteroatoms. The second kappa shape index (κ2) is 9.54. The van der Waals surface area contributed by atoms with Gasteiger partial charge in [-0.15, -0.1) is 0 Å². The molecule has 0 aromatic heterocycles. The Morgan fingerprint density at radius 1 is 0.969 bits per heavy atom. The molecule has 0 saturated heterocycles. The Kier molecular flexibility index (Phi) is 6.58. The maximum Gasteiger partial charge on any atom is 0.342 e. The van der Waals surface area contributed by atoms with Gasteiger partial charge in [0.2, 0.25) is 0 Å². The van der Waals surface area contributed by atoms with Gasteiger partial charge in [0.25, 0.3) is 0 Å². The summed E-state index contributed by atoms with van der Waals surface area (Å²) in [6.45, 7) is 0.293. The number of carbonyl (C=O) groups excluding carboxylic acids is 1. The van der Waals surface area contributed by atoms with Crippen molar-refractivity contribution in [3.63, 3.8) is 0 Å². The van der Waals surface area contributed by atoms with E-state index >= 15 is 0 Å². The van der Waals surface area contributed by atoms with E-state index in [-0.39, 0.29) is 17.7 Å². The molecule has 1 aliphatic rings. The molecule has 4 rings (SSSR count). The Balaban J connectivity index is 1.54. The molecule has 32 heavy (non-hydrogen) atoms. The first-order valence-electron chi connectivity index (χ1n) is 10.2. The van der Waals surface area contributed by atoms with Gasteiger partial charge in [-0.3, -0.25) is 0 Å². The Morgan fingerprint density at radius 3 is 2.25 bits per heavy atom. The predicted molar refractivity (Wildman–Crippen MR) is 127 cm³/mol. The molecule has 164 valence electrons. The molecular weight excluding hydrogens is 446 g/mol. The topological polar surface area (TPSA) is 78.8 Å². The second-order valence-electron chi connectivity index (χ2n) is 7.49. The zero-order valence-electron chi connectivity index (χ0n) is 17.2. The van der Waals surface area contributed by atoms with E-state index in [0.29, 0.717) is 34.3 Å². The number of rotatable bonds is 6. The quantitative estimate of drug-likeness (QED) is 0.549. The van der Waals surface area contributed by atoms with Crippen molar-refractivity contribution in [2.24, 2.45) is 11.0 Å². The van der Waals surface area contributed by atoms with Crippen molar-refractivity contribution < 1.29 is 13.2 Å². The summed E-state index contributed by atoms with van der Waals surface area (Å²) in [6, 6.07) is 24.3. The first kappa shape index (κ1) is 22.0. The van der Waals surface area contributed by atoms with Gasteiger partial charge < -0.3 is 5.32 Å². The lowest BCUT2D eigenvalue weighted by Gasteiger charge is -2.16. The van der Waals surface area contributed by atoms with Crippen LogP contribution in [0.3, 0.4) is 0 Å². The number of hydrogen-bond acceptors (Lipinski definition) is 4. The van der Waals surface area contributed by atoms with Gasteiger partial charge in [0, 0.05) is 16.6 Å². The average Bonchev–Trinajstić information content (AvgIpc) is 3.24. The van der Waals surface area contributed by atoms with Crippen LogP contribution in [0.25, 0.3) is 0 Å². The average molecular weight is 468 g/mol. The molecule has 0 aliphatic carbocycles. The van der Waals surface area contributed by atoms with Crippen LogP contribution < -0.4 is 5.32 Å². The first-order valence-corrected chi connectivity index (χ1v) is 12.2. The largest absolute Gasteiger partial charge is 0.342 e. The molecule has 2 amide bonds. The van der Waals surface area contributed by atoms with E-state index in [1.54, 1.807) is 54.6 Å². The maximum absolute atomic E-state index is 12.8. The number of amides is 2. The molecule has 0 bridgehead atoms. The Morgan fingerprint density at radius 2 is 1.59 bits per heavy atom. The minimum atomic E-state index is -3.44. The van der Waals surface area contributed by atoms with Crippen LogP contribution in [0.15, 0.2) is 94.9 Å². The molecule has 3 aromatic rings. The lowest BCUT2D eigenvalue weighted by atomic mass is 9.95. The third-order valence-corrected chi connectivity index (χ3v) is 7.26. The van der Waals surface area contributed by atoms with E-state index in [2.05, 4.69) is 10.4 Å². The summed E-state index contributed by atoms with van der Waals surface area (Å²) in [7, 11) is -3.44. The highest BCUT2D eigenvalue weighted by atomic mass is 35.5. The zero-order valence-corrected chi connectivity index (χ0v) is 18.8. The van der Waals surface area contributed by atoms with Crippen LogP contribution in [0.1, 0.15) is 12.0 Å². The number of hydrogen-bond donors (Lipinski definition) is 1. The van der Waals surface area contributed by atoms with Crippen LogP contribution in [-0.4, -0.2) is 37.5 Å². The number of para-hydroxylation sites is 1. The molecule has 0 radical (unpaired) electrons. The molecule has 6 nitrogen and oxygen atoms in total. The number of urea groups is 1. The van der Waals surface area contributed by atoms with Crippen molar-refractivity contribution in [2.75, 3.05) is 17.6 Å². The minimum absolute atomic E-state index is 0.0393. The third kappa shape index (κ3) is 5.18. The van der Waals surface area contributed by atoms with E-state index in [9.17, 15) is 13.2 Å². The van der Waals surface area contributed by atoms with Gasteiger partial charge in [0.15, 0.2) is 9.84 Å². The fraction of sp³-hybridized carbons (Fsp3) is 0.167. The molecule has 1 N–H and O–H groups in total. The predicted octanol–water partition coefficient (Wildman–Crippen LogP) is 5.07. The summed E-state index contributed by atoms with van der Waals surface area (Å²) >= 11 is 6.02. The van der Waals surface area contributed by atoms with Crippen molar-refractivity contribution in [3.8, 4) is 0 Å². The highest BCUT2D eigenvalue weighted by Crippen LogP contribution is 2.26. The summed E-state index contributed by atoms with van der Waals surface area (Å²) in [5.41, 5.74) is 2.15. The summed E-state index contributed by atoms with van der Waals surface area (Å²) in [5, 5.41) is 9.31. The Bertz CT molecular complexity index is 1210. The number of carbonyl (C=O) groups is 1. The zero-order chi connectivity index (χ0) is 22.6. The molecule has 1 atom stereocenters. The van der Waals surface area contributed by atoms with E-state index < -0.39 is 9.84 Å². The fourth-order valence-corrected chi connectivity index (χ4v) is 5.10. The van der Waals surface area contributed by atoms with E-state index in [1.807, 2.05) is 30.3 Å². The monoisotopic (exact) mass is 467 g/mol. The molecule has 1 heterocycles. The van der Waals surface area contributed by atoms with Crippen molar-refractivity contribution in [1.29, 1.82) is 0 Å². The highest BCUT2D eigenvalue weighted by Gasteiger charge is 2.32. The standard InChI is InChI=1S/C24H22ClN3O3S/c25-20-13-11-18(12-14-20)23-19(15-16-32(30,31)22-9-5-2-6-10-22)17-28(27-23)24(29)26-21-7-3-1-4-8-21/h1-14,19H,15-17H2,(H,26,29). The SMILES string of the molecule is O=C(Nc1ccccc1)N1CC(CCS(=O)(=O)c2ccccc2)C(c2ccc(Cl)cc2)=N1. The number of nitrogens with one attached hydrogen (secondary N) is 1. The molecule has 1 aliphatic heterocycles. The van der Waals surface area contributed by atoms with Gasteiger partial charge >= 0.3 is 6.03 Å². The fourth-order valence-electron chi connectivity index (χ4n) is 3.57. The Labute approximate surface area is 192 Å². The lowest BCUT2D eigenvalue weighted by molar-refractivity contribution is 0.215. The lowest BCUT2D eigenvalue weighted by Crippen LogP contribution is -2.31. The van der Waals surface area contributed by atoms with Gasteiger partial charge in [-0.2, -0.15) is 5.10 Å². The number of hydrazone groups is 1. The van der Waals surface area contributed by atoms with Gasteiger partial charge in [0.05, 0.1) is 22.9 Å². The molecule has 0 fully saturated rings. The number of anilines is 1. The number of sulfone groups is 1. The summed E-state index contributed by atoms with van der Waals surface area (Å²) < 4.78 is 25.6. The van der Waals surface area contributed by atoms with Crippen molar-refractivity contribution >= 4 is 38.9 Å². The van der Waals surface area contributed by atoms with Crippen molar-refractivity contribution in [1.82, 2.24) is 5.01 Å². The van der Waals surface area contributed by atoms with E-state index in [0.717, 1.165) is 5.56 Å². The smallest absolute Gasteiger partial charge is 0.306 e. The van der Waals surface area contributed by atoms with Crippen LogP contribution in [-0.2, 0) is 9.84 Å². The van der Waals surface area contributed by atoms with Gasteiger partial charge in [0.1, 0.15) is 0 Å². The van der Waals surface area contributed by atoms with Crippen molar-refractivity contribution in [2.45, 2.75) is 11.3 Å². The highest BCUT2D eigenvalue weighted by molar-refractivity contribution is 7.91. The number of benzene rings is 3. The number of nitrogens with zero attached hydrogens (tertiary/aromatic N) is 2. The minimum Gasteiger partial charge on any atom is -0.306 e. The first-order chi connectivity index (χ1) is 15.4. The van der Waals surface area contributed by atoms with Crippen LogP contribution in [0.4, 0.5) is 10.5 Å². The second-order valence-corrected chi connectivity index (χ2v) is 10.0. The molecule has 1 unspecified atom stereocenters. The molecular formula is C24H22ClN3O3S. The summed E-state index contributed by atoms with van der Waals surface area (Å²) in [6.07, 6.45) is 0.341. The number of halogens is 1. The van der Waals surface area contributed by atoms with Gasteiger partial charge in [-0.1, -0.05) is 60.1 Å². The molecule has 0 spiro atoms. The molecule has 3 aromatic carbocycles. The van der Waals surface area contributed by atoms with Crippen molar-refractivity contribution in [3.05, 3.63) is 95.5 Å². The van der Waals surface area contributed by atoms with E-state index in [4.69, 9.17) is 11.6 Å². The van der Waals surface area contributed by atoms with Crippen LogP contribution >= 0.6 is 11.6 Å². The Hall–Kier alpha value is -3.16. The van der Waals surface area contributed by atoms with Gasteiger partial charge in [-0.25, -0.2) is 18.2 Å². The molecule has 0 saturated carbocycles. The third-order valence-electron chi connectivity index (χ3n) is 5.25. The van der Waals surface area contributed by atoms with E-state index in [1.165, 1.54) is 5.01 Å². The van der Waals surface area contributed by atoms with Gasteiger partial charge in [-0.05, 0) is 48.4 Å². The van der Waals surface area contributed by atoms with Crippen LogP contribution in [0, 0.1) is 5.92 Å². The summed E-state index contributed by atoms with van der Waals surface area (Å²) in [5.74, 6) is -0.265. The maximum atomic E-state index is 12.8. The van der Waals surface area contributed by atoms with Crippen LogP contribution in [0.2, 0.25) is 5.02 Å². The van der Waals surface area contributed by atoms with Crippen LogP contribution in [0.5, 0.6) is 0 Å². The normalized spacial score (nSPS) is 16.0. The summed E-state index contributed by atoms with van der Waals surface area (Å²) in [4.78, 5) is 13.1.